The fourth-order valence-corrected chi connectivity index (χ4v) is 2.27. The molecule has 0 unspecified atom stereocenters. The monoisotopic (exact) mass is 299 g/mol. The first-order chi connectivity index (χ1) is 9.83. The second kappa shape index (κ2) is 5.93. The van der Waals surface area contributed by atoms with Crippen molar-refractivity contribution in [3.05, 3.63) is 29.6 Å². The van der Waals surface area contributed by atoms with Crippen LogP contribution in [0.3, 0.4) is 0 Å². The van der Waals surface area contributed by atoms with Gasteiger partial charge in [-0.25, -0.2) is 13.6 Å². The third-order valence-corrected chi connectivity index (χ3v) is 3.80. The molecule has 116 valence electrons. The van der Waals surface area contributed by atoms with Crippen LogP contribution in [0.15, 0.2) is 18.5 Å². The van der Waals surface area contributed by atoms with Gasteiger partial charge in [0.1, 0.15) is 12.6 Å². The first-order valence-corrected chi connectivity index (χ1v) is 6.72. The molecule has 1 aromatic heterocycles. The van der Waals surface area contributed by atoms with Crippen LogP contribution in [0.25, 0.3) is 0 Å². The smallest absolute Gasteiger partial charge is 0.318 e. The van der Waals surface area contributed by atoms with Gasteiger partial charge in [0.15, 0.2) is 0 Å². The summed E-state index contributed by atoms with van der Waals surface area (Å²) in [7, 11) is 1.58. The van der Waals surface area contributed by atoms with E-state index >= 15 is 0 Å². The van der Waals surface area contributed by atoms with Gasteiger partial charge >= 0.3 is 6.03 Å². The van der Waals surface area contributed by atoms with E-state index in [0.29, 0.717) is 0 Å². The number of aryl methyl sites for hydroxylation is 1. The Labute approximate surface area is 122 Å². The van der Waals surface area contributed by atoms with Crippen molar-refractivity contribution in [1.82, 2.24) is 15.2 Å². The fourth-order valence-electron chi connectivity index (χ4n) is 2.27. The molecule has 1 N–H and O–H groups in total. The van der Waals surface area contributed by atoms with Crippen molar-refractivity contribution in [3.8, 4) is 0 Å². The number of pyridine rings is 1. The molecule has 1 saturated heterocycles. The van der Waals surface area contributed by atoms with E-state index in [-0.39, 0.29) is 12.6 Å². The van der Waals surface area contributed by atoms with E-state index in [4.69, 9.17) is 4.74 Å². The molecule has 5 nitrogen and oxygen atoms in total. The molecule has 0 saturated carbocycles. The molecule has 1 aliphatic heterocycles. The molecular weight excluding hydrogens is 280 g/mol. The summed E-state index contributed by atoms with van der Waals surface area (Å²) in [4.78, 5) is 17.5. The summed E-state index contributed by atoms with van der Waals surface area (Å²) >= 11 is 0. The number of nitrogens with one attached hydrogen (secondary N) is 1. The van der Waals surface area contributed by atoms with E-state index in [9.17, 15) is 13.6 Å². The molecule has 0 aromatic carbocycles. The lowest BCUT2D eigenvalue weighted by Gasteiger charge is -2.28. The molecule has 2 rings (SSSR count). The third kappa shape index (κ3) is 3.29. The van der Waals surface area contributed by atoms with Gasteiger partial charge in [-0.05, 0) is 31.0 Å². The second-order valence-electron chi connectivity index (χ2n) is 5.30. The lowest BCUT2D eigenvalue weighted by molar-refractivity contribution is -0.0223. The number of nitrogens with zero attached hydrogens (tertiary/aromatic N) is 2. The summed E-state index contributed by atoms with van der Waals surface area (Å²) in [5.74, 6) is -3.02. The van der Waals surface area contributed by atoms with Gasteiger partial charge in [-0.3, -0.25) is 4.98 Å². The van der Waals surface area contributed by atoms with E-state index in [0.717, 1.165) is 11.1 Å². The number of aromatic nitrogens is 1. The van der Waals surface area contributed by atoms with Crippen LogP contribution in [0.5, 0.6) is 0 Å². The number of halogens is 2. The lowest BCUT2D eigenvalue weighted by Crippen LogP contribution is -2.51. The molecule has 2 atom stereocenters. The van der Waals surface area contributed by atoms with Crippen molar-refractivity contribution in [3.63, 3.8) is 0 Å². The Kier molecular flexibility index (Phi) is 4.41. The van der Waals surface area contributed by atoms with Gasteiger partial charge in [-0.15, -0.1) is 0 Å². The highest BCUT2D eigenvalue weighted by atomic mass is 19.3. The van der Waals surface area contributed by atoms with Crippen molar-refractivity contribution in [2.75, 3.05) is 20.3 Å². The van der Waals surface area contributed by atoms with Crippen molar-refractivity contribution < 1.29 is 18.3 Å². The predicted octanol–water partition coefficient (Wildman–Crippen LogP) is 2.13. The molecule has 0 bridgehead atoms. The number of hydrogen-bond acceptors (Lipinski definition) is 3. The van der Waals surface area contributed by atoms with Crippen LogP contribution in [-0.4, -0.2) is 48.1 Å². The lowest BCUT2D eigenvalue weighted by atomic mass is 10.0. The molecule has 0 radical (unpaired) electrons. The molecule has 2 amide bonds. The number of hydrogen-bond donors (Lipinski definition) is 1. The van der Waals surface area contributed by atoms with E-state index in [1.165, 1.54) is 4.90 Å². The van der Waals surface area contributed by atoms with Crippen LogP contribution in [0.4, 0.5) is 13.6 Å². The van der Waals surface area contributed by atoms with E-state index in [2.05, 4.69) is 10.3 Å². The van der Waals surface area contributed by atoms with Crippen LogP contribution in [0.1, 0.15) is 24.1 Å². The predicted molar refractivity (Wildman–Crippen MR) is 73.2 cm³/mol. The zero-order chi connectivity index (χ0) is 15.6. The standard InChI is InChI=1S/C14H19F2N3O2/c1-9-6-17-5-4-11(9)10(2)19(3)13(20)18-12-7-21-8-14(12,15)16/h4-6,10,12H,7-8H2,1-3H3,(H,18,20)/t10-,12+/m1/s1. The van der Waals surface area contributed by atoms with E-state index < -0.39 is 24.6 Å². The highest BCUT2D eigenvalue weighted by Crippen LogP contribution is 2.26. The molecule has 2 heterocycles. The Morgan fingerprint density at radius 2 is 2.33 bits per heavy atom. The molecular formula is C14H19F2N3O2. The third-order valence-electron chi connectivity index (χ3n) is 3.80. The van der Waals surface area contributed by atoms with Gasteiger partial charge in [0.25, 0.3) is 5.92 Å². The molecule has 1 fully saturated rings. The number of urea groups is 1. The maximum absolute atomic E-state index is 13.5. The second-order valence-corrected chi connectivity index (χ2v) is 5.30. The van der Waals surface area contributed by atoms with Crippen molar-refractivity contribution in [2.45, 2.75) is 31.9 Å². The topological polar surface area (TPSA) is 54.5 Å². The van der Waals surface area contributed by atoms with Crippen LogP contribution in [0, 0.1) is 6.92 Å². The summed E-state index contributed by atoms with van der Waals surface area (Å²) in [6.07, 6.45) is 3.35. The number of carbonyl (C=O) groups excluding carboxylic acids is 1. The average molecular weight is 299 g/mol. The average Bonchev–Trinajstić information content (AvgIpc) is 2.77. The summed E-state index contributed by atoms with van der Waals surface area (Å²) in [6.45, 7) is 2.91. The Morgan fingerprint density at radius 3 is 2.90 bits per heavy atom. The minimum atomic E-state index is -3.02. The van der Waals surface area contributed by atoms with Crippen LogP contribution in [0.2, 0.25) is 0 Å². The SMILES string of the molecule is Cc1cnccc1[C@@H](C)N(C)C(=O)N[C@H]1COCC1(F)F. The van der Waals surface area contributed by atoms with Gasteiger partial charge in [0, 0.05) is 19.4 Å². The number of alkyl halides is 2. The molecule has 0 aliphatic carbocycles. The Bertz CT molecular complexity index is 525. The van der Waals surface area contributed by atoms with Crippen LogP contribution < -0.4 is 5.32 Å². The molecule has 1 aliphatic rings. The van der Waals surface area contributed by atoms with Crippen LogP contribution in [-0.2, 0) is 4.74 Å². The Balaban J connectivity index is 2.04. The van der Waals surface area contributed by atoms with E-state index in [1.807, 2.05) is 19.9 Å². The number of rotatable bonds is 3. The fraction of sp³-hybridized carbons (Fsp3) is 0.571. The molecule has 21 heavy (non-hydrogen) atoms. The van der Waals surface area contributed by atoms with Crippen molar-refractivity contribution >= 4 is 6.03 Å². The Morgan fingerprint density at radius 1 is 1.62 bits per heavy atom. The quantitative estimate of drug-likeness (QED) is 0.930. The maximum Gasteiger partial charge on any atom is 0.318 e. The van der Waals surface area contributed by atoms with Gasteiger partial charge < -0.3 is 15.0 Å². The zero-order valence-corrected chi connectivity index (χ0v) is 12.3. The molecule has 7 heteroatoms. The van der Waals surface area contributed by atoms with Gasteiger partial charge in [-0.1, -0.05) is 0 Å². The first kappa shape index (κ1) is 15.6. The minimum Gasteiger partial charge on any atom is -0.373 e. The number of ether oxygens (including phenoxy) is 1. The molecule has 1 aromatic rings. The molecule has 0 spiro atoms. The van der Waals surface area contributed by atoms with Crippen LogP contribution >= 0.6 is 0 Å². The van der Waals surface area contributed by atoms with Crippen molar-refractivity contribution in [2.24, 2.45) is 0 Å². The summed E-state index contributed by atoms with van der Waals surface area (Å²) in [5, 5.41) is 2.34. The van der Waals surface area contributed by atoms with Gasteiger partial charge in [0.2, 0.25) is 0 Å². The van der Waals surface area contributed by atoms with Gasteiger partial charge in [-0.2, -0.15) is 0 Å². The summed E-state index contributed by atoms with van der Waals surface area (Å²) < 4.78 is 31.6. The van der Waals surface area contributed by atoms with Gasteiger partial charge in [0.05, 0.1) is 12.6 Å². The highest BCUT2D eigenvalue weighted by molar-refractivity contribution is 5.75. The Hall–Kier alpha value is -1.76. The number of carbonyl (C=O) groups is 1. The van der Waals surface area contributed by atoms with Crippen molar-refractivity contribution in [1.29, 1.82) is 0 Å². The summed E-state index contributed by atoms with van der Waals surface area (Å²) in [6, 6.07) is -0.257. The normalized spacial score (nSPS) is 21.9. The zero-order valence-electron chi connectivity index (χ0n) is 12.3. The maximum atomic E-state index is 13.5. The largest absolute Gasteiger partial charge is 0.373 e. The number of amides is 2. The van der Waals surface area contributed by atoms with E-state index in [1.54, 1.807) is 19.4 Å². The first-order valence-electron chi connectivity index (χ1n) is 6.72. The minimum absolute atomic E-state index is 0.171. The summed E-state index contributed by atoms with van der Waals surface area (Å²) in [5.41, 5.74) is 1.87. The highest BCUT2D eigenvalue weighted by Gasteiger charge is 2.46.